The number of benzene rings is 2. The summed E-state index contributed by atoms with van der Waals surface area (Å²) in [5.41, 5.74) is -0.923. The lowest BCUT2D eigenvalue weighted by molar-refractivity contribution is -0.274. The maximum absolute atomic E-state index is 12.6. The second-order valence-corrected chi connectivity index (χ2v) is 7.06. The van der Waals surface area contributed by atoms with Gasteiger partial charge in [0.05, 0.1) is 25.3 Å². The Morgan fingerprint density at radius 2 is 2.00 bits per heavy atom. The highest BCUT2D eigenvalue weighted by Gasteiger charge is 2.36. The maximum Gasteiger partial charge on any atom is 0.573 e. The number of carbonyl (C=O) groups excluding carboxylic acids is 1. The Kier molecular flexibility index (Phi) is 6.52. The zero-order chi connectivity index (χ0) is 23.5. The van der Waals surface area contributed by atoms with Crippen molar-refractivity contribution in [2.45, 2.75) is 25.4 Å². The fourth-order valence-electron chi connectivity index (χ4n) is 3.10. The number of hydrogen-bond acceptors (Lipinski definition) is 7. The van der Waals surface area contributed by atoms with Crippen LogP contribution in [0.3, 0.4) is 0 Å². The van der Waals surface area contributed by atoms with Crippen LogP contribution in [0, 0.1) is 11.3 Å². The highest BCUT2D eigenvalue weighted by molar-refractivity contribution is 6.62. The van der Waals surface area contributed by atoms with E-state index in [4.69, 9.17) is 14.1 Å². The van der Waals surface area contributed by atoms with Gasteiger partial charge in [0.15, 0.2) is 17.0 Å². The molecule has 0 saturated carbocycles. The van der Waals surface area contributed by atoms with E-state index in [1.54, 1.807) is 12.1 Å². The van der Waals surface area contributed by atoms with Crippen molar-refractivity contribution in [3.05, 3.63) is 47.5 Å². The van der Waals surface area contributed by atoms with Crippen molar-refractivity contribution in [1.82, 2.24) is 5.32 Å². The number of nitrogens with zero attached hydrogens (tertiary/aromatic N) is 1. The predicted molar refractivity (Wildman–Crippen MR) is 105 cm³/mol. The van der Waals surface area contributed by atoms with Gasteiger partial charge in [-0.3, -0.25) is 4.79 Å². The van der Waals surface area contributed by atoms with Crippen molar-refractivity contribution < 1.29 is 41.9 Å². The van der Waals surface area contributed by atoms with Gasteiger partial charge in [0.25, 0.3) is 5.91 Å². The zero-order valence-corrected chi connectivity index (χ0v) is 17.0. The summed E-state index contributed by atoms with van der Waals surface area (Å²) in [6.07, 6.45) is -4.99. The lowest BCUT2D eigenvalue weighted by atomic mass is 9.78. The minimum Gasteiger partial charge on any atom is -0.493 e. The van der Waals surface area contributed by atoms with Gasteiger partial charge < -0.3 is 29.2 Å². The second-order valence-electron chi connectivity index (χ2n) is 7.06. The zero-order valence-electron chi connectivity index (χ0n) is 17.0. The molecule has 0 saturated heterocycles. The van der Waals surface area contributed by atoms with Crippen LogP contribution in [0.15, 0.2) is 36.4 Å². The Morgan fingerprint density at radius 1 is 1.28 bits per heavy atom. The molecule has 1 aliphatic heterocycles. The van der Waals surface area contributed by atoms with E-state index in [9.17, 15) is 28.3 Å². The quantitative estimate of drug-likeness (QED) is 0.621. The number of nitriles is 1. The topological polar surface area (TPSA) is 110 Å². The maximum atomic E-state index is 12.6. The number of rotatable bonds is 7. The summed E-state index contributed by atoms with van der Waals surface area (Å²) in [4.78, 5) is 12.6. The molecule has 0 aliphatic carbocycles. The molecule has 2 N–H and O–H groups in total. The molecule has 0 bridgehead atoms. The van der Waals surface area contributed by atoms with Crippen LogP contribution < -0.4 is 25.0 Å². The van der Waals surface area contributed by atoms with E-state index in [0.717, 1.165) is 12.1 Å². The van der Waals surface area contributed by atoms with Gasteiger partial charge in [-0.2, -0.15) is 5.26 Å². The van der Waals surface area contributed by atoms with Crippen LogP contribution in [-0.4, -0.2) is 43.7 Å². The molecule has 8 nitrogen and oxygen atoms in total. The minimum atomic E-state index is -4.99. The number of amides is 1. The van der Waals surface area contributed by atoms with Crippen LogP contribution in [0.2, 0.25) is 0 Å². The molecule has 1 aliphatic rings. The summed E-state index contributed by atoms with van der Waals surface area (Å²) >= 11 is 0. The van der Waals surface area contributed by atoms with Gasteiger partial charge in [-0.1, -0.05) is 18.2 Å². The lowest BCUT2D eigenvalue weighted by Crippen LogP contribution is -2.49. The number of fused-ring (bicyclic) bond motifs is 1. The number of ether oxygens (including phenoxy) is 3. The molecule has 168 valence electrons. The molecule has 2 aromatic rings. The molecule has 0 fully saturated rings. The normalized spacial score (nSPS) is 14.7. The van der Waals surface area contributed by atoms with Gasteiger partial charge in [0, 0.05) is 5.46 Å². The van der Waals surface area contributed by atoms with E-state index in [-0.39, 0.29) is 24.7 Å². The predicted octanol–water partition coefficient (Wildman–Crippen LogP) is 1.90. The molecule has 1 unspecified atom stereocenters. The smallest absolute Gasteiger partial charge is 0.493 e. The average Bonchev–Trinajstić information content (AvgIpc) is 3.12. The Hall–Kier alpha value is -3.43. The molecule has 0 aromatic heterocycles. The molecule has 32 heavy (non-hydrogen) atoms. The van der Waals surface area contributed by atoms with Crippen LogP contribution in [0.5, 0.6) is 17.2 Å². The highest BCUT2D eigenvalue weighted by atomic mass is 19.4. The molecule has 1 heterocycles. The van der Waals surface area contributed by atoms with E-state index >= 15 is 0 Å². The lowest BCUT2D eigenvalue weighted by Gasteiger charge is -2.25. The number of para-hydroxylation sites is 1. The van der Waals surface area contributed by atoms with Gasteiger partial charge in [-0.15, -0.1) is 13.2 Å². The molecule has 2 aromatic carbocycles. The van der Waals surface area contributed by atoms with Gasteiger partial charge in [-0.25, -0.2) is 0 Å². The highest BCUT2D eigenvalue weighted by Crippen LogP contribution is 2.30. The third-order valence-corrected chi connectivity index (χ3v) is 4.61. The Bertz CT molecular complexity index is 1060. The first-order valence-corrected chi connectivity index (χ1v) is 9.27. The molecule has 1 amide bonds. The van der Waals surface area contributed by atoms with Crippen molar-refractivity contribution >= 4 is 18.5 Å². The van der Waals surface area contributed by atoms with E-state index in [1.807, 2.05) is 6.07 Å². The van der Waals surface area contributed by atoms with Crippen LogP contribution in [0.25, 0.3) is 0 Å². The molecular weight excluding hydrogens is 432 g/mol. The molecule has 12 heteroatoms. The van der Waals surface area contributed by atoms with Gasteiger partial charge >= 0.3 is 13.5 Å². The molecule has 3 rings (SSSR count). The minimum absolute atomic E-state index is 0.187. The Balaban J connectivity index is 1.78. The van der Waals surface area contributed by atoms with Crippen molar-refractivity contribution in [2.75, 3.05) is 13.7 Å². The van der Waals surface area contributed by atoms with Gasteiger partial charge in [0.1, 0.15) is 12.4 Å². The van der Waals surface area contributed by atoms with Crippen molar-refractivity contribution in [3.63, 3.8) is 0 Å². The van der Waals surface area contributed by atoms with Crippen LogP contribution in [0.1, 0.15) is 22.8 Å². The summed E-state index contributed by atoms with van der Waals surface area (Å²) in [6, 6.07) is 9.88. The monoisotopic (exact) mass is 450 g/mol. The average molecular weight is 450 g/mol. The summed E-state index contributed by atoms with van der Waals surface area (Å²) in [5.74, 6) is -1.26. The largest absolute Gasteiger partial charge is 0.573 e. The van der Waals surface area contributed by atoms with Crippen LogP contribution >= 0.6 is 0 Å². The van der Waals surface area contributed by atoms with Crippen LogP contribution in [-0.2, 0) is 11.3 Å². The standard InChI is InChI=1S/C20H18BF3N2O6/c1-19(10-25,26-18(27)13-5-3-4-6-14(13)32-20(22,23)24)11-30-15-8-7-12-9-31-21(28)16(12)17(15)29-2/h3-8,28H,9,11H2,1-2H3,(H,26,27). The van der Waals surface area contributed by atoms with E-state index in [0.29, 0.717) is 11.0 Å². The first-order valence-electron chi connectivity index (χ1n) is 9.27. The van der Waals surface area contributed by atoms with Crippen molar-refractivity contribution in [2.24, 2.45) is 0 Å². The van der Waals surface area contributed by atoms with E-state index in [1.165, 1.54) is 26.2 Å². The number of halogens is 3. The fraction of sp³-hybridized carbons (Fsp3) is 0.300. The number of methoxy groups -OCH3 is 1. The van der Waals surface area contributed by atoms with Crippen molar-refractivity contribution in [3.8, 4) is 23.3 Å². The summed E-state index contributed by atoms with van der Waals surface area (Å²) < 4.78 is 57.9. The fourth-order valence-corrected chi connectivity index (χ4v) is 3.10. The van der Waals surface area contributed by atoms with Crippen molar-refractivity contribution in [1.29, 1.82) is 5.26 Å². The van der Waals surface area contributed by atoms with Crippen LogP contribution in [0.4, 0.5) is 13.2 Å². The molecular formula is C20H18BF3N2O6. The second kappa shape index (κ2) is 8.98. The van der Waals surface area contributed by atoms with E-state index in [2.05, 4.69) is 10.1 Å². The van der Waals surface area contributed by atoms with E-state index < -0.39 is 36.2 Å². The molecule has 0 radical (unpaired) electrons. The number of carbonyl (C=O) groups is 1. The van der Waals surface area contributed by atoms with Gasteiger partial charge in [-0.05, 0) is 30.7 Å². The number of hydrogen-bond donors (Lipinski definition) is 2. The third kappa shape index (κ3) is 5.07. The number of nitrogens with one attached hydrogen (secondary N) is 1. The Labute approximate surface area is 181 Å². The first-order chi connectivity index (χ1) is 15.1. The summed E-state index contributed by atoms with van der Waals surface area (Å²) in [5, 5.41) is 21.9. The molecule has 1 atom stereocenters. The van der Waals surface area contributed by atoms with Gasteiger partial charge in [0.2, 0.25) is 0 Å². The third-order valence-electron chi connectivity index (χ3n) is 4.61. The number of alkyl halides is 3. The first kappa shape index (κ1) is 23.2. The SMILES string of the molecule is COc1c(OCC(C)(C#N)NC(=O)c2ccccc2OC(F)(F)F)ccc2c1B(O)OC2. The Morgan fingerprint density at radius 3 is 2.66 bits per heavy atom. The molecule has 0 spiro atoms. The summed E-state index contributed by atoms with van der Waals surface area (Å²) in [6.45, 7) is 1.16. The summed E-state index contributed by atoms with van der Waals surface area (Å²) in [7, 11) is 0.173.